The molecule has 196 valence electrons. The molecular weight excluding hydrogens is 508 g/mol. The molecule has 0 aromatic heterocycles. The van der Waals surface area contributed by atoms with Gasteiger partial charge in [-0.2, -0.15) is 17.6 Å². The van der Waals surface area contributed by atoms with Gasteiger partial charge in [-0.3, -0.25) is 0 Å². The Kier molecular flexibility index (Phi) is 6.92. The van der Waals surface area contributed by atoms with E-state index in [-0.39, 0.29) is 43.8 Å². The van der Waals surface area contributed by atoms with Gasteiger partial charge >= 0.3 is 18.2 Å². The van der Waals surface area contributed by atoms with E-state index in [0.29, 0.717) is 18.6 Å². The molecule has 36 heavy (non-hydrogen) atoms. The zero-order valence-corrected chi connectivity index (χ0v) is 18.5. The number of benzene rings is 2. The maximum atomic E-state index is 14.8. The predicted octanol–water partition coefficient (Wildman–Crippen LogP) is 6.46. The Bertz CT molecular complexity index is 1110. The Morgan fingerprint density at radius 1 is 0.917 bits per heavy atom. The van der Waals surface area contributed by atoms with Crippen LogP contribution in [0.2, 0.25) is 0 Å². The van der Waals surface area contributed by atoms with E-state index in [1.165, 1.54) is 0 Å². The number of hydrogen-bond acceptors (Lipinski definition) is 5. The third-order valence-corrected chi connectivity index (χ3v) is 5.66. The lowest BCUT2D eigenvalue weighted by molar-refractivity contribution is -0.480. The molecule has 2 bridgehead atoms. The molecule has 3 aliphatic rings. The van der Waals surface area contributed by atoms with E-state index in [9.17, 15) is 35.1 Å². The van der Waals surface area contributed by atoms with Gasteiger partial charge < -0.3 is 23.7 Å². The van der Waals surface area contributed by atoms with Crippen molar-refractivity contribution in [3.63, 3.8) is 0 Å². The zero-order valence-electron chi connectivity index (χ0n) is 18.5. The molecule has 0 saturated carbocycles. The van der Waals surface area contributed by atoms with Gasteiger partial charge in [0.2, 0.25) is 0 Å². The normalized spacial score (nSPS) is 23.5. The van der Waals surface area contributed by atoms with E-state index < -0.39 is 63.9 Å². The number of ether oxygens (including phenoxy) is 5. The summed E-state index contributed by atoms with van der Waals surface area (Å²) in [7, 11) is 0. The number of fused-ring (bicyclic) bond motifs is 3. The highest BCUT2D eigenvalue weighted by atomic mass is 19.3. The first-order valence-electron chi connectivity index (χ1n) is 10.6. The minimum atomic E-state index is -4.76. The van der Waals surface area contributed by atoms with Crippen LogP contribution in [0, 0.1) is 28.7 Å². The Hall–Kier alpha value is -2.90. The summed E-state index contributed by atoms with van der Waals surface area (Å²) in [6.07, 6.45) is -5.92. The summed E-state index contributed by atoms with van der Waals surface area (Å²) in [5.74, 6) is -11.4. The third-order valence-electron chi connectivity index (χ3n) is 5.66. The van der Waals surface area contributed by atoms with Crippen LogP contribution in [0.4, 0.5) is 35.1 Å². The van der Waals surface area contributed by atoms with Gasteiger partial charge in [0, 0.05) is 23.1 Å². The van der Waals surface area contributed by atoms with Crippen LogP contribution in [0.15, 0.2) is 36.6 Å². The van der Waals surface area contributed by atoms with Crippen molar-refractivity contribution in [2.75, 3.05) is 19.8 Å². The van der Waals surface area contributed by atoms with Gasteiger partial charge in [0.15, 0.2) is 23.6 Å². The van der Waals surface area contributed by atoms with Crippen LogP contribution in [-0.2, 0) is 26.3 Å². The summed E-state index contributed by atoms with van der Waals surface area (Å²) in [6.45, 7) is 2.44. The molecule has 5 nitrogen and oxygen atoms in total. The molecule has 0 amide bonds. The fourth-order valence-electron chi connectivity index (χ4n) is 4.03. The molecular formula is C23H18F8O5. The highest BCUT2D eigenvalue weighted by Crippen LogP contribution is 2.47. The molecule has 0 aliphatic carbocycles. The highest BCUT2D eigenvalue weighted by Gasteiger charge is 2.54. The fourth-order valence-corrected chi connectivity index (χ4v) is 4.03. The molecule has 0 atom stereocenters. The standard InChI is InChI=1S/C23H18F8O5/c1-2-3-21-9-33-23(34-10-21,35-11-21)12-4-14(24)19(15(25)5-12)22(30,31)36-13-6-16(26)20(17(27)7-13)32-8-18(28)29/h4-8H,2-3,9-11H2,1H3. The van der Waals surface area contributed by atoms with Crippen molar-refractivity contribution in [2.45, 2.75) is 31.8 Å². The first kappa shape index (κ1) is 26.2. The molecule has 3 fully saturated rings. The highest BCUT2D eigenvalue weighted by molar-refractivity contribution is 5.37. The van der Waals surface area contributed by atoms with Crippen molar-refractivity contribution in [1.82, 2.24) is 0 Å². The van der Waals surface area contributed by atoms with E-state index in [1.807, 2.05) is 6.92 Å². The Morgan fingerprint density at radius 2 is 1.44 bits per heavy atom. The van der Waals surface area contributed by atoms with Gasteiger partial charge in [-0.25, -0.2) is 17.6 Å². The number of halogens is 8. The topological polar surface area (TPSA) is 46.2 Å². The lowest BCUT2D eigenvalue weighted by atomic mass is 9.83. The van der Waals surface area contributed by atoms with Crippen molar-refractivity contribution < 1.29 is 58.8 Å². The fraction of sp³-hybridized carbons (Fsp3) is 0.391. The predicted molar refractivity (Wildman–Crippen MR) is 105 cm³/mol. The molecule has 0 spiro atoms. The van der Waals surface area contributed by atoms with E-state index >= 15 is 0 Å². The molecule has 3 aliphatic heterocycles. The molecule has 3 heterocycles. The molecule has 5 rings (SSSR count). The van der Waals surface area contributed by atoms with Gasteiger partial charge in [0.05, 0.1) is 19.8 Å². The second-order valence-corrected chi connectivity index (χ2v) is 8.35. The quantitative estimate of drug-likeness (QED) is 0.292. The molecule has 0 unspecified atom stereocenters. The minimum Gasteiger partial charge on any atom is -0.453 e. The van der Waals surface area contributed by atoms with Crippen LogP contribution in [0.1, 0.15) is 30.9 Å². The van der Waals surface area contributed by atoms with Gasteiger partial charge in [-0.15, -0.1) is 0 Å². The lowest BCUT2D eigenvalue weighted by Crippen LogP contribution is -2.58. The average Bonchev–Trinajstić information content (AvgIpc) is 2.78. The number of hydrogen-bond donors (Lipinski definition) is 0. The van der Waals surface area contributed by atoms with Gasteiger partial charge in [-0.1, -0.05) is 13.3 Å². The molecule has 2 aromatic rings. The molecule has 0 N–H and O–H groups in total. The monoisotopic (exact) mass is 526 g/mol. The van der Waals surface area contributed by atoms with Crippen LogP contribution >= 0.6 is 0 Å². The van der Waals surface area contributed by atoms with Crippen molar-refractivity contribution in [3.05, 3.63) is 71.0 Å². The summed E-state index contributed by atoms with van der Waals surface area (Å²) in [5, 5.41) is 0. The molecule has 3 saturated heterocycles. The van der Waals surface area contributed by atoms with Crippen LogP contribution < -0.4 is 9.47 Å². The first-order valence-corrected chi connectivity index (χ1v) is 10.6. The van der Waals surface area contributed by atoms with Gasteiger partial charge in [0.25, 0.3) is 0 Å². The van der Waals surface area contributed by atoms with Crippen molar-refractivity contribution in [1.29, 1.82) is 0 Å². The second kappa shape index (κ2) is 9.52. The second-order valence-electron chi connectivity index (χ2n) is 8.35. The maximum Gasteiger partial charge on any atom is 0.432 e. The Morgan fingerprint density at radius 3 is 1.92 bits per heavy atom. The van der Waals surface area contributed by atoms with E-state index in [2.05, 4.69) is 9.47 Å². The summed E-state index contributed by atoms with van der Waals surface area (Å²) >= 11 is 0. The van der Waals surface area contributed by atoms with E-state index in [4.69, 9.17) is 14.2 Å². The smallest absolute Gasteiger partial charge is 0.432 e. The van der Waals surface area contributed by atoms with Crippen molar-refractivity contribution >= 4 is 0 Å². The van der Waals surface area contributed by atoms with Crippen LogP contribution in [0.25, 0.3) is 0 Å². The lowest BCUT2D eigenvalue weighted by Gasteiger charge is -2.51. The number of rotatable bonds is 8. The molecule has 13 heteroatoms. The Balaban J connectivity index is 1.58. The SMILES string of the molecule is CCCC12COC(c3cc(F)c(C(F)(F)Oc4cc(F)c(OC=C(F)F)c(F)c4)c(F)c3)(OC1)OC2. The van der Waals surface area contributed by atoms with Crippen LogP contribution in [0.3, 0.4) is 0 Å². The molecule has 2 aromatic carbocycles. The van der Waals surface area contributed by atoms with Crippen molar-refractivity contribution in [3.8, 4) is 11.5 Å². The summed E-state index contributed by atoms with van der Waals surface area (Å²) in [6, 6.07) is 1.37. The van der Waals surface area contributed by atoms with Crippen LogP contribution in [0.5, 0.6) is 11.5 Å². The summed E-state index contributed by atoms with van der Waals surface area (Å²) in [4.78, 5) is 0. The van der Waals surface area contributed by atoms with Gasteiger partial charge in [0.1, 0.15) is 22.9 Å². The number of alkyl halides is 2. The van der Waals surface area contributed by atoms with E-state index in [0.717, 1.165) is 6.42 Å². The first-order chi connectivity index (χ1) is 16.9. The summed E-state index contributed by atoms with van der Waals surface area (Å²) < 4.78 is 136. The molecule has 0 radical (unpaired) electrons. The van der Waals surface area contributed by atoms with E-state index in [1.54, 1.807) is 0 Å². The van der Waals surface area contributed by atoms with Gasteiger partial charge in [-0.05, 0) is 18.6 Å². The third kappa shape index (κ3) is 4.87. The Labute approximate surface area is 199 Å². The van der Waals surface area contributed by atoms with Crippen molar-refractivity contribution in [2.24, 2.45) is 5.41 Å². The minimum absolute atomic E-state index is 0.162. The summed E-state index contributed by atoms with van der Waals surface area (Å²) in [5.41, 5.74) is -2.64. The zero-order chi connectivity index (χ0) is 26.3. The maximum absolute atomic E-state index is 14.8. The largest absolute Gasteiger partial charge is 0.453 e. The average molecular weight is 526 g/mol. The van der Waals surface area contributed by atoms with Crippen LogP contribution in [-0.4, -0.2) is 19.8 Å².